The van der Waals surface area contributed by atoms with Crippen LogP contribution >= 0.6 is 0 Å². The molecule has 4 rings (SSSR count). The Labute approximate surface area is 148 Å². The maximum Gasteiger partial charge on any atom is 0.256 e. The van der Waals surface area contributed by atoms with Gasteiger partial charge in [-0.3, -0.25) is 0 Å². The number of benzene rings is 1. The van der Waals surface area contributed by atoms with Crippen molar-refractivity contribution in [2.45, 2.75) is 38.2 Å². The van der Waals surface area contributed by atoms with Gasteiger partial charge in [-0.1, -0.05) is 18.6 Å². The zero-order chi connectivity index (χ0) is 17.3. The van der Waals surface area contributed by atoms with Gasteiger partial charge >= 0.3 is 0 Å². The molecule has 1 fully saturated rings. The molecular formula is C18H21N3O3S. The van der Waals surface area contributed by atoms with Gasteiger partial charge in [-0.25, -0.2) is 13.4 Å². The van der Waals surface area contributed by atoms with Crippen LogP contribution < -0.4 is 4.74 Å². The fourth-order valence-corrected chi connectivity index (χ4v) is 4.39. The lowest BCUT2D eigenvalue weighted by Gasteiger charge is -2.28. The molecule has 0 aromatic heterocycles. The first-order valence-corrected chi connectivity index (χ1v) is 10.3. The molecule has 1 aromatic carbocycles. The van der Waals surface area contributed by atoms with Crippen LogP contribution in [0.2, 0.25) is 0 Å². The molecule has 0 N–H and O–H groups in total. The second-order valence-corrected chi connectivity index (χ2v) is 8.36. The predicted molar refractivity (Wildman–Crippen MR) is 98.3 cm³/mol. The van der Waals surface area contributed by atoms with Crippen molar-refractivity contribution in [1.82, 2.24) is 4.90 Å². The van der Waals surface area contributed by atoms with Crippen molar-refractivity contribution in [3.8, 4) is 5.75 Å². The monoisotopic (exact) mass is 359 g/mol. The Balaban J connectivity index is 1.56. The fraction of sp³-hybridized carbons (Fsp3) is 0.444. The van der Waals surface area contributed by atoms with E-state index in [0.717, 1.165) is 29.7 Å². The first kappa shape index (κ1) is 16.3. The molecule has 1 saturated carbocycles. The largest absolute Gasteiger partial charge is 0.490 e. The van der Waals surface area contributed by atoms with E-state index in [1.165, 1.54) is 19.3 Å². The molecule has 25 heavy (non-hydrogen) atoms. The van der Waals surface area contributed by atoms with E-state index in [9.17, 15) is 8.42 Å². The maximum atomic E-state index is 11.9. The van der Waals surface area contributed by atoms with Gasteiger partial charge in [0.05, 0.1) is 18.2 Å². The van der Waals surface area contributed by atoms with Crippen LogP contribution in [-0.4, -0.2) is 43.9 Å². The summed E-state index contributed by atoms with van der Waals surface area (Å²) in [4.78, 5) is 6.00. The highest BCUT2D eigenvalue weighted by Crippen LogP contribution is 2.27. The Morgan fingerprint density at radius 3 is 2.60 bits per heavy atom. The number of amidine groups is 1. The molecule has 0 atom stereocenters. The van der Waals surface area contributed by atoms with Crippen molar-refractivity contribution in [1.29, 1.82) is 0 Å². The highest BCUT2D eigenvalue weighted by molar-refractivity contribution is 7.90. The molecule has 6 nitrogen and oxygen atoms in total. The molecule has 3 aliphatic rings. The molecule has 0 spiro atoms. The second-order valence-electron chi connectivity index (χ2n) is 6.60. The van der Waals surface area contributed by atoms with Crippen molar-refractivity contribution in [2.24, 2.45) is 9.39 Å². The van der Waals surface area contributed by atoms with E-state index in [1.54, 1.807) is 17.4 Å². The average Bonchev–Trinajstić information content (AvgIpc) is 2.62. The number of ether oxygens (including phenoxy) is 1. The molecular weight excluding hydrogens is 338 g/mol. The standard InChI is InChI=1S/C18H21N3O3S/c22-25(23)11-10-21-13-19-12-17(18(21)20-25)14-6-8-16(9-7-14)24-15-4-2-1-3-5-15/h6-9,12-13,15H,1-5,10-11H2. The molecule has 0 bridgehead atoms. The van der Waals surface area contributed by atoms with Gasteiger partial charge in [-0.05, 0) is 43.4 Å². The van der Waals surface area contributed by atoms with Crippen LogP contribution in [0.25, 0.3) is 5.57 Å². The van der Waals surface area contributed by atoms with Crippen LogP contribution in [-0.2, 0) is 10.0 Å². The second kappa shape index (κ2) is 6.63. The van der Waals surface area contributed by atoms with Gasteiger partial charge in [0.2, 0.25) is 0 Å². The Morgan fingerprint density at radius 2 is 1.84 bits per heavy atom. The summed E-state index contributed by atoms with van der Waals surface area (Å²) in [5.74, 6) is 1.32. The summed E-state index contributed by atoms with van der Waals surface area (Å²) in [7, 11) is -3.40. The Bertz CT molecular complexity index is 835. The van der Waals surface area contributed by atoms with Crippen LogP contribution in [0.5, 0.6) is 5.75 Å². The molecule has 2 aliphatic heterocycles. The quantitative estimate of drug-likeness (QED) is 0.832. The molecule has 0 radical (unpaired) electrons. The molecule has 2 heterocycles. The van der Waals surface area contributed by atoms with E-state index >= 15 is 0 Å². The SMILES string of the molecule is O=S1(=O)CCN2C=NC=C(c3ccc(OC4CCCCC4)cc3)C2=N1. The van der Waals surface area contributed by atoms with Gasteiger partial charge in [0, 0.05) is 18.3 Å². The summed E-state index contributed by atoms with van der Waals surface area (Å²) < 4.78 is 33.7. The first-order chi connectivity index (χ1) is 12.1. The molecule has 1 aliphatic carbocycles. The normalized spacial score (nSPS) is 22.8. The summed E-state index contributed by atoms with van der Waals surface area (Å²) in [6.07, 6.45) is 9.59. The summed E-state index contributed by atoms with van der Waals surface area (Å²) >= 11 is 0. The zero-order valence-electron chi connectivity index (χ0n) is 14.0. The molecule has 132 valence electrons. The zero-order valence-corrected chi connectivity index (χ0v) is 14.8. The van der Waals surface area contributed by atoms with E-state index in [1.807, 2.05) is 24.3 Å². The number of rotatable bonds is 3. The lowest BCUT2D eigenvalue weighted by molar-refractivity contribution is 0.155. The molecule has 0 saturated heterocycles. The Morgan fingerprint density at radius 1 is 1.08 bits per heavy atom. The van der Waals surface area contributed by atoms with Crippen LogP contribution in [0.4, 0.5) is 0 Å². The average molecular weight is 359 g/mol. The van der Waals surface area contributed by atoms with Crippen molar-refractivity contribution < 1.29 is 13.2 Å². The minimum atomic E-state index is -3.40. The third kappa shape index (κ3) is 3.61. The summed E-state index contributed by atoms with van der Waals surface area (Å²) in [5, 5.41) is 0. The summed E-state index contributed by atoms with van der Waals surface area (Å²) in [5.41, 5.74) is 1.60. The van der Waals surface area contributed by atoms with E-state index in [4.69, 9.17) is 4.74 Å². The van der Waals surface area contributed by atoms with Crippen molar-refractivity contribution in [2.75, 3.05) is 12.3 Å². The highest BCUT2D eigenvalue weighted by Gasteiger charge is 2.28. The minimum absolute atomic E-state index is 0.0178. The fourth-order valence-electron chi connectivity index (χ4n) is 3.40. The molecule has 7 heteroatoms. The van der Waals surface area contributed by atoms with E-state index < -0.39 is 10.0 Å². The number of sulfonamides is 1. The van der Waals surface area contributed by atoms with Gasteiger partial charge in [0.15, 0.2) is 5.84 Å². The van der Waals surface area contributed by atoms with E-state index in [-0.39, 0.29) is 5.75 Å². The van der Waals surface area contributed by atoms with Gasteiger partial charge in [0.1, 0.15) is 5.75 Å². The Hall–Kier alpha value is -2.15. The van der Waals surface area contributed by atoms with Crippen LogP contribution in [0, 0.1) is 0 Å². The maximum absolute atomic E-state index is 11.9. The third-order valence-corrected chi connectivity index (χ3v) is 5.91. The molecule has 0 amide bonds. The third-order valence-electron chi connectivity index (χ3n) is 4.76. The number of fused-ring (bicyclic) bond motifs is 1. The Kier molecular flexibility index (Phi) is 4.33. The van der Waals surface area contributed by atoms with Gasteiger partial charge in [-0.15, -0.1) is 4.40 Å². The van der Waals surface area contributed by atoms with Crippen LogP contribution in [0.15, 0.2) is 39.9 Å². The van der Waals surface area contributed by atoms with Gasteiger partial charge < -0.3 is 9.64 Å². The van der Waals surface area contributed by atoms with E-state index in [2.05, 4.69) is 9.39 Å². The van der Waals surface area contributed by atoms with Crippen molar-refractivity contribution in [3.05, 3.63) is 36.0 Å². The van der Waals surface area contributed by atoms with Crippen LogP contribution in [0.1, 0.15) is 37.7 Å². The summed E-state index contributed by atoms with van der Waals surface area (Å²) in [6, 6.07) is 7.75. The summed E-state index contributed by atoms with van der Waals surface area (Å²) in [6.45, 7) is 0.380. The van der Waals surface area contributed by atoms with Crippen LogP contribution in [0.3, 0.4) is 0 Å². The van der Waals surface area contributed by atoms with Gasteiger partial charge in [0.25, 0.3) is 10.0 Å². The van der Waals surface area contributed by atoms with E-state index in [0.29, 0.717) is 18.5 Å². The van der Waals surface area contributed by atoms with Gasteiger partial charge in [-0.2, -0.15) is 0 Å². The van der Waals surface area contributed by atoms with Crippen molar-refractivity contribution in [3.63, 3.8) is 0 Å². The first-order valence-electron chi connectivity index (χ1n) is 8.71. The molecule has 1 aromatic rings. The molecule has 0 unspecified atom stereocenters. The lowest BCUT2D eigenvalue weighted by Crippen LogP contribution is -2.40. The number of aliphatic imine (C=N–C) groups is 1. The highest BCUT2D eigenvalue weighted by atomic mass is 32.2. The smallest absolute Gasteiger partial charge is 0.256 e. The minimum Gasteiger partial charge on any atom is -0.490 e. The lowest BCUT2D eigenvalue weighted by atomic mass is 9.98. The number of hydrogen-bond donors (Lipinski definition) is 0. The van der Waals surface area contributed by atoms with Crippen molar-refractivity contribution >= 4 is 27.8 Å². The predicted octanol–water partition coefficient (Wildman–Crippen LogP) is 2.82. The number of nitrogens with zero attached hydrogens (tertiary/aromatic N) is 3. The topological polar surface area (TPSA) is 71.3 Å². The number of hydrogen-bond acceptors (Lipinski definition) is 5.